The third-order valence-electron chi connectivity index (χ3n) is 5.24. The monoisotopic (exact) mass is 476 g/mol. The highest BCUT2D eigenvalue weighted by Crippen LogP contribution is 2.34. The normalized spacial score (nSPS) is 11.1. The van der Waals surface area contributed by atoms with Gasteiger partial charge < -0.3 is 14.5 Å². The van der Waals surface area contributed by atoms with Gasteiger partial charge in [0.2, 0.25) is 5.89 Å². The lowest BCUT2D eigenvalue weighted by Gasteiger charge is -2.08. The van der Waals surface area contributed by atoms with E-state index >= 15 is 0 Å². The van der Waals surface area contributed by atoms with Gasteiger partial charge in [-0.2, -0.15) is 0 Å². The van der Waals surface area contributed by atoms with Crippen molar-refractivity contribution in [3.05, 3.63) is 88.4 Å². The lowest BCUT2D eigenvalue weighted by molar-refractivity contribution is 0.102. The van der Waals surface area contributed by atoms with E-state index in [0.29, 0.717) is 50.6 Å². The molecule has 5 aromatic rings. The molecule has 0 spiro atoms. The van der Waals surface area contributed by atoms with E-state index in [1.807, 2.05) is 43.3 Å². The Morgan fingerprint density at radius 3 is 2.61 bits per heavy atom. The minimum Gasteiger partial charge on any atom is -0.492 e. The first-order valence-corrected chi connectivity index (χ1v) is 11.1. The Morgan fingerprint density at radius 2 is 1.79 bits per heavy atom. The van der Waals surface area contributed by atoms with Crippen LogP contribution in [0.25, 0.3) is 33.3 Å². The molecule has 164 valence electrons. The molecular weight excluding hydrogens is 459 g/mol. The van der Waals surface area contributed by atoms with Crippen LogP contribution in [-0.2, 0) is 0 Å². The van der Waals surface area contributed by atoms with E-state index in [4.69, 9.17) is 32.4 Å². The Hall–Kier alpha value is -3.54. The molecule has 1 aromatic heterocycles. The number of hydrogen-bond acceptors (Lipinski definition) is 4. The molecule has 0 aliphatic carbocycles. The molecular formula is C26H18Cl2N2O3. The Labute approximate surface area is 199 Å². The average molecular weight is 477 g/mol. The zero-order valence-electron chi connectivity index (χ0n) is 17.6. The number of rotatable bonds is 5. The van der Waals surface area contributed by atoms with E-state index in [9.17, 15) is 4.79 Å². The number of carbonyl (C=O) groups excluding carboxylic acids is 1. The molecule has 33 heavy (non-hydrogen) atoms. The Bertz CT molecular complexity index is 1510. The number of amides is 1. The highest BCUT2D eigenvalue weighted by Gasteiger charge is 2.14. The molecule has 0 saturated heterocycles. The number of carbonyl (C=O) groups is 1. The van der Waals surface area contributed by atoms with Crippen LogP contribution in [0.1, 0.15) is 17.3 Å². The fourth-order valence-electron chi connectivity index (χ4n) is 3.70. The van der Waals surface area contributed by atoms with Gasteiger partial charge >= 0.3 is 0 Å². The summed E-state index contributed by atoms with van der Waals surface area (Å²) in [7, 11) is 0. The second-order valence-corrected chi connectivity index (χ2v) is 8.19. The summed E-state index contributed by atoms with van der Waals surface area (Å²) in [6.07, 6.45) is 0. The number of oxazole rings is 1. The summed E-state index contributed by atoms with van der Waals surface area (Å²) in [5.41, 5.74) is 3.12. The lowest BCUT2D eigenvalue weighted by atomic mass is 10.0. The first kappa shape index (κ1) is 21.3. The van der Waals surface area contributed by atoms with Gasteiger partial charge in [-0.25, -0.2) is 4.98 Å². The molecule has 0 aliphatic heterocycles. The molecule has 5 nitrogen and oxygen atoms in total. The van der Waals surface area contributed by atoms with Gasteiger partial charge in [-0.3, -0.25) is 4.79 Å². The summed E-state index contributed by atoms with van der Waals surface area (Å²) in [5, 5.41) is 5.82. The zero-order chi connectivity index (χ0) is 22.9. The second kappa shape index (κ2) is 8.77. The molecule has 0 unspecified atom stereocenters. The molecule has 0 saturated carbocycles. The summed E-state index contributed by atoms with van der Waals surface area (Å²) in [4.78, 5) is 17.4. The molecule has 0 atom stereocenters. The maximum absolute atomic E-state index is 12.7. The Morgan fingerprint density at radius 1 is 0.970 bits per heavy atom. The Kier molecular flexibility index (Phi) is 5.67. The lowest BCUT2D eigenvalue weighted by Crippen LogP contribution is -2.11. The van der Waals surface area contributed by atoms with Crippen molar-refractivity contribution in [1.82, 2.24) is 4.98 Å². The summed E-state index contributed by atoms with van der Waals surface area (Å²) in [5.74, 6) is 0.744. The minimum atomic E-state index is -0.285. The summed E-state index contributed by atoms with van der Waals surface area (Å²) in [6.45, 7) is 2.37. The van der Waals surface area contributed by atoms with Crippen LogP contribution in [0.2, 0.25) is 10.0 Å². The smallest absolute Gasteiger partial charge is 0.255 e. The zero-order valence-corrected chi connectivity index (χ0v) is 19.1. The predicted molar refractivity (Wildman–Crippen MR) is 133 cm³/mol. The fraction of sp³-hybridized carbons (Fsp3) is 0.0769. The first-order valence-electron chi connectivity index (χ1n) is 10.4. The van der Waals surface area contributed by atoms with Crippen molar-refractivity contribution >= 4 is 56.7 Å². The standard InChI is InChI=1S/C26H18Cl2N2O3/c1-2-32-23-11-9-15(13-21(23)28)25(31)29-16-10-12-24-22(14-16)30-26(33-24)19-7-3-6-18-17(19)5-4-8-20(18)27/h3-14H,2H2,1H3,(H,29,31). The van der Waals surface area contributed by atoms with Crippen LogP contribution in [-0.4, -0.2) is 17.5 Å². The number of hydrogen-bond donors (Lipinski definition) is 1. The van der Waals surface area contributed by atoms with Crippen molar-refractivity contribution in [3.63, 3.8) is 0 Å². The number of anilines is 1. The number of fused-ring (bicyclic) bond motifs is 2. The number of nitrogens with zero attached hydrogens (tertiary/aromatic N) is 1. The molecule has 0 radical (unpaired) electrons. The largest absolute Gasteiger partial charge is 0.492 e. The molecule has 1 heterocycles. The van der Waals surface area contributed by atoms with Gasteiger partial charge in [-0.15, -0.1) is 0 Å². The van der Waals surface area contributed by atoms with Crippen LogP contribution < -0.4 is 10.1 Å². The average Bonchev–Trinajstić information content (AvgIpc) is 3.23. The van der Waals surface area contributed by atoms with Gasteiger partial charge in [0.25, 0.3) is 5.91 Å². The summed E-state index contributed by atoms with van der Waals surface area (Å²) >= 11 is 12.6. The number of aromatic nitrogens is 1. The molecule has 5 rings (SSSR count). The maximum atomic E-state index is 12.7. The Balaban J connectivity index is 1.44. The van der Waals surface area contributed by atoms with Crippen LogP contribution in [0.3, 0.4) is 0 Å². The second-order valence-electron chi connectivity index (χ2n) is 7.37. The van der Waals surface area contributed by atoms with E-state index in [1.165, 1.54) is 0 Å². The summed E-state index contributed by atoms with van der Waals surface area (Å²) < 4.78 is 11.4. The number of ether oxygens (including phenoxy) is 1. The van der Waals surface area contributed by atoms with E-state index in [1.54, 1.807) is 36.4 Å². The van der Waals surface area contributed by atoms with E-state index in [-0.39, 0.29) is 5.91 Å². The van der Waals surface area contributed by atoms with Crippen LogP contribution in [0.15, 0.2) is 77.2 Å². The van der Waals surface area contributed by atoms with Crippen molar-refractivity contribution in [1.29, 1.82) is 0 Å². The highest BCUT2D eigenvalue weighted by molar-refractivity contribution is 6.36. The molecule has 0 fully saturated rings. The third kappa shape index (κ3) is 4.13. The van der Waals surface area contributed by atoms with E-state index in [0.717, 1.165) is 16.3 Å². The summed E-state index contributed by atoms with van der Waals surface area (Å²) in [6, 6.07) is 21.8. The van der Waals surface area contributed by atoms with Crippen LogP contribution in [0.4, 0.5) is 5.69 Å². The van der Waals surface area contributed by atoms with Gasteiger partial charge in [-0.1, -0.05) is 47.5 Å². The molecule has 7 heteroatoms. The van der Waals surface area contributed by atoms with Crippen LogP contribution in [0, 0.1) is 0 Å². The van der Waals surface area contributed by atoms with Gasteiger partial charge in [0.05, 0.1) is 11.6 Å². The van der Waals surface area contributed by atoms with Gasteiger partial charge in [0, 0.05) is 27.2 Å². The molecule has 0 aliphatic rings. The van der Waals surface area contributed by atoms with Crippen molar-refractivity contribution in [2.24, 2.45) is 0 Å². The minimum absolute atomic E-state index is 0.285. The van der Waals surface area contributed by atoms with Crippen LogP contribution >= 0.6 is 23.2 Å². The molecule has 4 aromatic carbocycles. The fourth-order valence-corrected chi connectivity index (χ4v) is 4.17. The van der Waals surface area contributed by atoms with E-state index < -0.39 is 0 Å². The maximum Gasteiger partial charge on any atom is 0.255 e. The number of benzene rings is 4. The molecule has 1 amide bonds. The topological polar surface area (TPSA) is 64.4 Å². The predicted octanol–water partition coefficient (Wildman–Crippen LogP) is 7.61. The van der Waals surface area contributed by atoms with Crippen molar-refractivity contribution < 1.29 is 13.9 Å². The number of nitrogens with one attached hydrogen (secondary N) is 1. The SMILES string of the molecule is CCOc1ccc(C(=O)Nc2ccc3oc(-c4cccc5c(Cl)cccc45)nc3c2)cc1Cl. The number of halogens is 2. The quantitative estimate of drug-likeness (QED) is 0.283. The van der Waals surface area contributed by atoms with Gasteiger partial charge in [-0.05, 0) is 60.8 Å². The first-order chi connectivity index (χ1) is 16.0. The van der Waals surface area contributed by atoms with Crippen molar-refractivity contribution in [2.75, 3.05) is 11.9 Å². The van der Waals surface area contributed by atoms with E-state index in [2.05, 4.69) is 10.3 Å². The molecule has 1 N–H and O–H groups in total. The van der Waals surface area contributed by atoms with Crippen LogP contribution in [0.5, 0.6) is 5.75 Å². The highest BCUT2D eigenvalue weighted by atomic mass is 35.5. The van der Waals surface area contributed by atoms with Crippen molar-refractivity contribution in [2.45, 2.75) is 6.92 Å². The van der Waals surface area contributed by atoms with Gasteiger partial charge in [0.1, 0.15) is 11.3 Å². The molecule has 0 bridgehead atoms. The van der Waals surface area contributed by atoms with Crippen molar-refractivity contribution in [3.8, 4) is 17.2 Å². The third-order valence-corrected chi connectivity index (χ3v) is 5.86. The van der Waals surface area contributed by atoms with Gasteiger partial charge in [0.15, 0.2) is 5.58 Å².